The normalized spacial score (nSPS) is 11.7. The monoisotopic (exact) mass is 430 g/mol. The molecular formula is C24H31FN2O2S. The number of carbonyl (C=O) groups is 2. The molecule has 6 heteroatoms. The van der Waals surface area contributed by atoms with Gasteiger partial charge in [-0.2, -0.15) is 0 Å². The van der Waals surface area contributed by atoms with E-state index in [-0.39, 0.29) is 23.4 Å². The van der Waals surface area contributed by atoms with Crippen molar-refractivity contribution < 1.29 is 14.0 Å². The van der Waals surface area contributed by atoms with Gasteiger partial charge in [0.2, 0.25) is 11.8 Å². The van der Waals surface area contributed by atoms with Crippen molar-refractivity contribution >= 4 is 23.6 Å². The van der Waals surface area contributed by atoms with E-state index in [1.807, 2.05) is 45.0 Å². The fraction of sp³-hybridized carbons (Fsp3) is 0.417. The van der Waals surface area contributed by atoms with Gasteiger partial charge < -0.3 is 10.2 Å². The van der Waals surface area contributed by atoms with E-state index in [2.05, 4.69) is 5.32 Å². The lowest BCUT2D eigenvalue weighted by molar-refractivity contribution is -0.139. The van der Waals surface area contributed by atoms with Crippen LogP contribution in [0.15, 0.2) is 48.5 Å². The third-order valence-electron chi connectivity index (χ3n) is 4.82. The number of nitrogens with zero attached hydrogens (tertiary/aromatic N) is 1. The molecule has 0 aliphatic rings. The zero-order chi connectivity index (χ0) is 21.9. The van der Waals surface area contributed by atoms with Crippen LogP contribution in [0.4, 0.5) is 4.39 Å². The van der Waals surface area contributed by atoms with E-state index >= 15 is 0 Å². The van der Waals surface area contributed by atoms with Crippen molar-refractivity contribution in [1.82, 2.24) is 10.2 Å². The fourth-order valence-electron chi connectivity index (χ4n) is 3.10. The molecule has 4 nitrogen and oxygen atoms in total. The van der Waals surface area contributed by atoms with Crippen LogP contribution in [0.25, 0.3) is 0 Å². The molecule has 0 saturated heterocycles. The Hall–Kier alpha value is -2.34. The van der Waals surface area contributed by atoms with Gasteiger partial charge in [0.05, 0.1) is 5.75 Å². The number of aryl methyl sites for hydroxylation is 1. The van der Waals surface area contributed by atoms with Crippen LogP contribution in [-0.4, -0.2) is 35.1 Å². The van der Waals surface area contributed by atoms with E-state index in [4.69, 9.17) is 0 Å². The molecule has 2 rings (SSSR count). The zero-order valence-electron chi connectivity index (χ0n) is 18.0. The highest BCUT2D eigenvalue weighted by Crippen LogP contribution is 2.18. The Morgan fingerprint density at radius 3 is 2.27 bits per heavy atom. The summed E-state index contributed by atoms with van der Waals surface area (Å²) in [5.74, 6) is 0.432. The molecule has 0 radical (unpaired) electrons. The third-order valence-corrected chi connectivity index (χ3v) is 5.80. The number of carbonyl (C=O) groups excluding carboxylic acids is 2. The van der Waals surface area contributed by atoms with Crippen molar-refractivity contribution in [1.29, 1.82) is 0 Å². The molecule has 0 heterocycles. The van der Waals surface area contributed by atoms with E-state index < -0.39 is 6.04 Å². The van der Waals surface area contributed by atoms with Gasteiger partial charge in [-0.3, -0.25) is 9.59 Å². The van der Waals surface area contributed by atoms with Crippen LogP contribution in [0.1, 0.15) is 43.4 Å². The Labute approximate surface area is 183 Å². The van der Waals surface area contributed by atoms with Gasteiger partial charge in [-0.1, -0.05) is 55.8 Å². The highest BCUT2D eigenvalue weighted by molar-refractivity contribution is 7.99. The topological polar surface area (TPSA) is 49.4 Å². The molecule has 2 aromatic carbocycles. The van der Waals surface area contributed by atoms with E-state index in [0.29, 0.717) is 25.3 Å². The summed E-state index contributed by atoms with van der Waals surface area (Å²) >= 11 is 1.47. The van der Waals surface area contributed by atoms with Crippen LogP contribution in [0.5, 0.6) is 0 Å². The van der Waals surface area contributed by atoms with Crippen molar-refractivity contribution in [2.45, 2.75) is 52.0 Å². The second kappa shape index (κ2) is 12.4. The second-order valence-electron chi connectivity index (χ2n) is 7.34. The summed E-state index contributed by atoms with van der Waals surface area (Å²) in [6.45, 7) is 6.95. The number of thioether (sulfide) groups is 1. The maximum absolute atomic E-state index is 13.1. The smallest absolute Gasteiger partial charge is 0.242 e. The van der Waals surface area contributed by atoms with Crippen LogP contribution in [0.3, 0.4) is 0 Å². The van der Waals surface area contributed by atoms with Gasteiger partial charge in [0.1, 0.15) is 11.9 Å². The van der Waals surface area contributed by atoms with Crippen molar-refractivity contribution in [3.8, 4) is 0 Å². The summed E-state index contributed by atoms with van der Waals surface area (Å²) in [7, 11) is 0. The maximum Gasteiger partial charge on any atom is 0.242 e. The summed E-state index contributed by atoms with van der Waals surface area (Å²) in [5, 5.41) is 2.93. The van der Waals surface area contributed by atoms with E-state index in [1.165, 1.54) is 23.9 Å². The molecule has 0 aliphatic heterocycles. The lowest BCUT2D eigenvalue weighted by atomic mass is 10.1. The van der Waals surface area contributed by atoms with E-state index in [0.717, 1.165) is 23.1 Å². The predicted molar refractivity (Wildman–Crippen MR) is 122 cm³/mol. The number of benzene rings is 2. The molecule has 30 heavy (non-hydrogen) atoms. The van der Waals surface area contributed by atoms with Crippen LogP contribution in [-0.2, 0) is 21.9 Å². The van der Waals surface area contributed by atoms with Crippen LogP contribution in [0.2, 0.25) is 0 Å². The molecule has 162 valence electrons. The molecule has 0 aromatic heterocycles. The zero-order valence-corrected chi connectivity index (χ0v) is 18.8. The van der Waals surface area contributed by atoms with Crippen LogP contribution < -0.4 is 5.32 Å². The van der Waals surface area contributed by atoms with Gasteiger partial charge in [0, 0.05) is 18.8 Å². The van der Waals surface area contributed by atoms with Crippen molar-refractivity contribution in [2.24, 2.45) is 0 Å². The molecule has 2 aromatic rings. The molecule has 0 spiro atoms. The minimum atomic E-state index is -0.503. The van der Waals surface area contributed by atoms with Crippen LogP contribution >= 0.6 is 11.8 Å². The van der Waals surface area contributed by atoms with Crippen molar-refractivity contribution in [2.75, 3.05) is 12.3 Å². The van der Waals surface area contributed by atoms with Gasteiger partial charge in [-0.05, 0) is 43.0 Å². The first-order valence-electron chi connectivity index (χ1n) is 10.4. The first-order valence-corrected chi connectivity index (χ1v) is 11.5. The summed E-state index contributed by atoms with van der Waals surface area (Å²) in [4.78, 5) is 27.5. The average molecular weight is 431 g/mol. The minimum absolute atomic E-state index is 0.0683. The molecule has 0 bridgehead atoms. The highest BCUT2D eigenvalue weighted by atomic mass is 32.2. The standard InChI is InChI=1S/C24H31FN2O2S/c1-4-14-26-24(29)22(5-2)27(15-19-8-6-18(3)7-9-19)23(28)17-30-16-20-10-12-21(25)13-11-20/h6-13,22H,4-5,14-17H2,1-3H3,(H,26,29)/t22-/m0/s1. The number of hydrogen-bond acceptors (Lipinski definition) is 3. The molecule has 0 saturated carbocycles. The molecule has 0 fully saturated rings. The molecule has 0 unspecified atom stereocenters. The van der Waals surface area contributed by atoms with Crippen molar-refractivity contribution in [3.05, 3.63) is 71.0 Å². The molecule has 2 amide bonds. The summed E-state index contributed by atoms with van der Waals surface area (Å²) in [5.41, 5.74) is 3.12. The lowest BCUT2D eigenvalue weighted by Gasteiger charge is -2.30. The van der Waals surface area contributed by atoms with E-state index in [1.54, 1.807) is 17.0 Å². The van der Waals surface area contributed by atoms with Crippen LogP contribution in [0, 0.1) is 12.7 Å². The maximum atomic E-state index is 13.1. The van der Waals surface area contributed by atoms with Gasteiger partial charge >= 0.3 is 0 Å². The third kappa shape index (κ3) is 7.48. The number of halogens is 1. The summed E-state index contributed by atoms with van der Waals surface area (Å²) < 4.78 is 13.1. The van der Waals surface area contributed by atoms with Gasteiger partial charge in [-0.15, -0.1) is 11.8 Å². The Bertz CT molecular complexity index is 809. The molecule has 1 N–H and O–H groups in total. The van der Waals surface area contributed by atoms with E-state index in [9.17, 15) is 14.0 Å². The van der Waals surface area contributed by atoms with Gasteiger partial charge in [0.25, 0.3) is 0 Å². The fourth-order valence-corrected chi connectivity index (χ4v) is 3.97. The minimum Gasteiger partial charge on any atom is -0.354 e. The molecular weight excluding hydrogens is 399 g/mol. The average Bonchev–Trinajstić information content (AvgIpc) is 2.74. The lowest BCUT2D eigenvalue weighted by Crippen LogP contribution is -2.49. The molecule has 1 atom stereocenters. The quantitative estimate of drug-likeness (QED) is 0.562. The predicted octanol–water partition coefficient (Wildman–Crippen LogP) is 4.70. The van der Waals surface area contributed by atoms with Crippen molar-refractivity contribution in [3.63, 3.8) is 0 Å². The Morgan fingerprint density at radius 1 is 1.03 bits per heavy atom. The van der Waals surface area contributed by atoms with Gasteiger partial charge in [-0.25, -0.2) is 4.39 Å². The number of nitrogens with one attached hydrogen (secondary N) is 1. The summed E-state index contributed by atoms with van der Waals surface area (Å²) in [6.07, 6.45) is 1.40. The second-order valence-corrected chi connectivity index (χ2v) is 8.33. The first-order chi connectivity index (χ1) is 14.4. The number of amides is 2. The highest BCUT2D eigenvalue weighted by Gasteiger charge is 2.28. The Morgan fingerprint density at radius 2 is 1.67 bits per heavy atom. The number of hydrogen-bond donors (Lipinski definition) is 1. The first kappa shape index (κ1) is 23.9. The van der Waals surface area contributed by atoms with Gasteiger partial charge in [0.15, 0.2) is 0 Å². The SMILES string of the molecule is CCCNC(=O)[C@H](CC)N(Cc1ccc(C)cc1)C(=O)CSCc1ccc(F)cc1. The number of rotatable bonds is 11. The summed E-state index contributed by atoms with van der Waals surface area (Å²) in [6, 6.07) is 13.8. The largest absolute Gasteiger partial charge is 0.354 e. The Kier molecular flexibility index (Phi) is 9.87. The molecule has 0 aliphatic carbocycles. The Balaban J connectivity index is 2.09.